The van der Waals surface area contributed by atoms with E-state index in [9.17, 15) is 4.79 Å². The molecule has 0 aromatic heterocycles. The zero-order valence-electron chi connectivity index (χ0n) is 18.0. The Bertz CT molecular complexity index is 448. The summed E-state index contributed by atoms with van der Waals surface area (Å²) in [5.74, 6) is 0.876. The Morgan fingerprint density at radius 3 is 2.38 bits per heavy atom. The number of ether oxygens (including phenoxy) is 1. The summed E-state index contributed by atoms with van der Waals surface area (Å²) in [6.45, 7) is 9.23. The molecular weight excluding hydrogens is 380 g/mol. The maximum Gasteiger partial charge on any atom is 0.290 e. The Kier molecular flexibility index (Phi) is 16.1. The molecule has 1 atom stereocenters. The second-order valence-corrected chi connectivity index (χ2v) is 7.37. The number of carbonyl (C=O) groups excluding carboxylic acids is 1. The molecule has 2 saturated heterocycles. The van der Waals surface area contributed by atoms with E-state index in [4.69, 9.17) is 24.5 Å². The predicted molar refractivity (Wildman–Crippen MR) is 110 cm³/mol. The van der Waals surface area contributed by atoms with Crippen molar-refractivity contribution in [3.05, 3.63) is 0 Å². The summed E-state index contributed by atoms with van der Waals surface area (Å²) in [6, 6.07) is 0. The molecule has 0 aliphatic carbocycles. The highest BCUT2D eigenvalue weighted by molar-refractivity contribution is 5.78. The van der Waals surface area contributed by atoms with Crippen LogP contribution in [0.3, 0.4) is 0 Å². The van der Waals surface area contributed by atoms with Crippen LogP contribution in [0.5, 0.6) is 0 Å². The van der Waals surface area contributed by atoms with Crippen LogP contribution in [0.1, 0.15) is 12.8 Å². The van der Waals surface area contributed by atoms with Crippen molar-refractivity contribution in [3.63, 3.8) is 0 Å². The molecule has 2 heterocycles. The molecule has 10 heteroatoms. The molecule has 1 unspecified atom stereocenters. The molecule has 170 valence electrons. The zero-order chi connectivity index (χ0) is 22.1. The number of hydrogen-bond donors (Lipinski definition) is 2. The second-order valence-electron chi connectivity index (χ2n) is 7.37. The number of carboxylic acid groups (broad SMARTS) is 2. The van der Waals surface area contributed by atoms with Gasteiger partial charge in [-0.15, -0.1) is 0 Å². The second kappa shape index (κ2) is 17.1. The van der Waals surface area contributed by atoms with E-state index >= 15 is 0 Å². The number of methoxy groups -OCH3 is 1. The van der Waals surface area contributed by atoms with Crippen molar-refractivity contribution in [2.75, 3.05) is 86.7 Å². The van der Waals surface area contributed by atoms with Gasteiger partial charge in [-0.2, -0.15) is 0 Å². The smallest absolute Gasteiger partial charge is 0.290 e. The lowest BCUT2D eigenvalue weighted by Crippen LogP contribution is -2.42. The van der Waals surface area contributed by atoms with Crippen LogP contribution in [0.15, 0.2) is 0 Å². The number of carbonyl (C=O) groups is 3. The Balaban J connectivity index is 0.00000116. The fourth-order valence-corrected chi connectivity index (χ4v) is 3.54. The van der Waals surface area contributed by atoms with Gasteiger partial charge in [-0.05, 0) is 45.4 Å². The maximum absolute atomic E-state index is 12.5. The van der Waals surface area contributed by atoms with Gasteiger partial charge in [0, 0.05) is 46.9 Å². The summed E-state index contributed by atoms with van der Waals surface area (Å²) in [7, 11) is 5.87. The van der Waals surface area contributed by atoms with Gasteiger partial charge < -0.3 is 29.6 Å². The molecule has 0 saturated carbocycles. The van der Waals surface area contributed by atoms with Gasteiger partial charge in [-0.3, -0.25) is 19.3 Å². The van der Waals surface area contributed by atoms with Gasteiger partial charge in [-0.25, -0.2) is 0 Å². The van der Waals surface area contributed by atoms with Gasteiger partial charge >= 0.3 is 0 Å². The molecule has 2 aliphatic heterocycles. The number of amides is 1. The first-order valence-corrected chi connectivity index (χ1v) is 9.93. The van der Waals surface area contributed by atoms with Gasteiger partial charge in [0.05, 0.1) is 13.2 Å². The molecule has 2 rings (SSSR count). The lowest BCUT2D eigenvalue weighted by Gasteiger charge is -2.26. The molecular formula is C19H38N4O6. The van der Waals surface area contributed by atoms with Crippen molar-refractivity contribution in [1.29, 1.82) is 0 Å². The summed E-state index contributed by atoms with van der Waals surface area (Å²) in [6.07, 6.45) is 2.35. The first-order valence-electron chi connectivity index (χ1n) is 9.93. The molecule has 2 aliphatic rings. The molecule has 10 nitrogen and oxygen atoms in total. The van der Waals surface area contributed by atoms with Crippen LogP contribution in [0.2, 0.25) is 0 Å². The Hall–Kier alpha value is -1.75. The molecule has 1 amide bonds. The highest BCUT2D eigenvalue weighted by atomic mass is 16.5. The summed E-state index contributed by atoms with van der Waals surface area (Å²) in [5, 5.41) is 13.8. The Morgan fingerprint density at radius 1 is 1.10 bits per heavy atom. The molecule has 2 N–H and O–H groups in total. The molecule has 29 heavy (non-hydrogen) atoms. The van der Waals surface area contributed by atoms with Crippen LogP contribution >= 0.6 is 0 Å². The topological polar surface area (TPSA) is 114 Å². The number of likely N-dealkylation sites (N-methyl/N-ethyl adjacent to an activating group) is 2. The van der Waals surface area contributed by atoms with E-state index < -0.39 is 0 Å². The molecule has 0 bridgehead atoms. The standard InChI is InChI=1S/C17H34N4O2.2CH2O2/c1-18-6-4-7-20(10-9-18)15-17(22)19(2)13-16-5-8-21(14-16)11-12-23-3;2*2-1-3/h16H,4-15H2,1-3H3;2*1H,(H,2,3). The van der Waals surface area contributed by atoms with E-state index in [1.54, 1.807) is 7.11 Å². The fourth-order valence-electron chi connectivity index (χ4n) is 3.54. The largest absolute Gasteiger partial charge is 0.483 e. The van der Waals surface area contributed by atoms with E-state index in [1.807, 2.05) is 11.9 Å². The minimum absolute atomic E-state index is 0.250. The third kappa shape index (κ3) is 13.2. The Labute approximate surface area is 174 Å². The predicted octanol–water partition coefficient (Wildman–Crippen LogP) is -0.548. The SMILES string of the molecule is COCCN1CCC(CN(C)C(=O)CN2CCCN(C)CC2)C1.O=CO.O=CO. The first kappa shape index (κ1) is 27.2. The van der Waals surface area contributed by atoms with Crippen LogP contribution in [0.25, 0.3) is 0 Å². The number of hydrogen-bond acceptors (Lipinski definition) is 7. The lowest BCUT2D eigenvalue weighted by atomic mass is 10.1. The van der Waals surface area contributed by atoms with Crippen LogP contribution in [0, 0.1) is 5.92 Å². The van der Waals surface area contributed by atoms with Crippen molar-refractivity contribution in [1.82, 2.24) is 19.6 Å². The third-order valence-corrected chi connectivity index (χ3v) is 5.11. The molecule has 2 fully saturated rings. The first-order chi connectivity index (χ1) is 13.9. The summed E-state index contributed by atoms with van der Waals surface area (Å²) in [4.78, 5) is 38.2. The van der Waals surface area contributed by atoms with Gasteiger partial charge in [0.25, 0.3) is 12.9 Å². The van der Waals surface area contributed by atoms with Crippen LogP contribution < -0.4 is 0 Å². The summed E-state index contributed by atoms with van der Waals surface area (Å²) >= 11 is 0. The van der Waals surface area contributed by atoms with Crippen molar-refractivity contribution >= 4 is 18.9 Å². The van der Waals surface area contributed by atoms with Crippen molar-refractivity contribution in [3.8, 4) is 0 Å². The van der Waals surface area contributed by atoms with Crippen molar-refractivity contribution in [2.24, 2.45) is 5.92 Å². The number of rotatable bonds is 7. The maximum atomic E-state index is 12.5. The summed E-state index contributed by atoms with van der Waals surface area (Å²) < 4.78 is 5.15. The van der Waals surface area contributed by atoms with Gasteiger partial charge in [0.1, 0.15) is 0 Å². The van der Waals surface area contributed by atoms with E-state index in [2.05, 4.69) is 21.7 Å². The average molecular weight is 419 g/mol. The number of likely N-dealkylation sites (tertiary alicyclic amines) is 1. The van der Waals surface area contributed by atoms with E-state index in [0.29, 0.717) is 12.5 Å². The highest BCUT2D eigenvalue weighted by Crippen LogP contribution is 2.17. The normalized spacial score (nSPS) is 20.4. The molecule has 0 aromatic carbocycles. The summed E-state index contributed by atoms with van der Waals surface area (Å²) in [5.41, 5.74) is 0. The lowest BCUT2D eigenvalue weighted by molar-refractivity contribution is -0.131. The third-order valence-electron chi connectivity index (χ3n) is 5.11. The zero-order valence-corrected chi connectivity index (χ0v) is 18.0. The van der Waals surface area contributed by atoms with Gasteiger partial charge in [-0.1, -0.05) is 0 Å². The molecule has 0 aromatic rings. The van der Waals surface area contributed by atoms with Gasteiger partial charge in [0.2, 0.25) is 5.91 Å². The minimum Gasteiger partial charge on any atom is -0.483 e. The monoisotopic (exact) mass is 418 g/mol. The molecule has 0 radical (unpaired) electrons. The van der Waals surface area contributed by atoms with Crippen LogP contribution in [0.4, 0.5) is 0 Å². The quantitative estimate of drug-likeness (QED) is 0.526. The Morgan fingerprint density at radius 2 is 1.76 bits per heavy atom. The van der Waals surface area contributed by atoms with Crippen molar-refractivity contribution in [2.45, 2.75) is 12.8 Å². The van der Waals surface area contributed by atoms with Crippen molar-refractivity contribution < 1.29 is 29.3 Å². The molecule has 0 spiro atoms. The number of nitrogens with zero attached hydrogens (tertiary/aromatic N) is 4. The van der Waals surface area contributed by atoms with Crippen LogP contribution in [-0.4, -0.2) is 135 Å². The van der Waals surface area contributed by atoms with Gasteiger partial charge in [0.15, 0.2) is 0 Å². The van der Waals surface area contributed by atoms with E-state index in [-0.39, 0.29) is 18.9 Å². The van der Waals surface area contributed by atoms with E-state index in [0.717, 1.165) is 65.4 Å². The highest BCUT2D eigenvalue weighted by Gasteiger charge is 2.25. The minimum atomic E-state index is -0.250. The fraction of sp³-hybridized carbons (Fsp3) is 0.842. The van der Waals surface area contributed by atoms with E-state index in [1.165, 1.54) is 6.42 Å². The average Bonchev–Trinajstić information content (AvgIpc) is 3.02. The van der Waals surface area contributed by atoms with Crippen LogP contribution in [-0.2, 0) is 19.1 Å².